The largest absolute Gasteiger partial charge is 0.337 e. The van der Waals surface area contributed by atoms with Gasteiger partial charge in [0.25, 0.3) is 0 Å². The predicted octanol–water partition coefficient (Wildman–Crippen LogP) is 10.4. The second-order valence-electron chi connectivity index (χ2n) is 14.2. The van der Waals surface area contributed by atoms with Crippen molar-refractivity contribution in [3.8, 4) is 5.69 Å². The van der Waals surface area contributed by atoms with Gasteiger partial charge in [0.05, 0.1) is 0 Å². The zero-order valence-electron chi connectivity index (χ0n) is 29.9. The van der Waals surface area contributed by atoms with Gasteiger partial charge in [-0.05, 0) is 103 Å². The molecule has 1 aromatic heterocycles. The van der Waals surface area contributed by atoms with Gasteiger partial charge in [-0.3, -0.25) is 0 Å². The van der Waals surface area contributed by atoms with Gasteiger partial charge in [0.2, 0.25) is 6.71 Å². The number of hydrogen-bond donors (Lipinski definition) is 0. The van der Waals surface area contributed by atoms with Crippen LogP contribution in [0.25, 0.3) is 16.6 Å². The highest BCUT2D eigenvalue weighted by Gasteiger charge is 2.40. The van der Waals surface area contributed by atoms with E-state index in [1.165, 1.54) is 71.0 Å². The Balaban J connectivity index is 1.20. The van der Waals surface area contributed by atoms with E-state index in [9.17, 15) is 0 Å². The van der Waals surface area contributed by atoms with E-state index < -0.39 is 0 Å². The van der Waals surface area contributed by atoms with Crippen LogP contribution in [0.15, 0.2) is 185 Å². The van der Waals surface area contributed by atoms with Gasteiger partial charge in [-0.1, -0.05) is 126 Å². The summed E-state index contributed by atoms with van der Waals surface area (Å²) in [5, 5.41) is 1.34. The molecular weight excluding hydrogens is 661 g/mol. The number of aromatic nitrogens is 1. The van der Waals surface area contributed by atoms with Crippen LogP contribution in [-0.2, 0) is 6.54 Å². The van der Waals surface area contributed by atoms with Crippen molar-refractivity contribution in [3.63, 3.8) is 0 Å². The number of fused-ring (bicyclic) bond motifs is 4. The molecule has 6 aromatic carbocycles. The summed E-state index contributed by atoms with van der Waals surface area (Å²) >= 11 is 1.92. The van der Waals surface area contributed by atoms with Crippen LogP contribution >= 0.6 is 11.8 Å². The van der Waals surface area contributed by atoms with E-state index in [0.717, 1.165) is 30.0 Å². The maximum Gasteiger partial charge on any atom is 0.249 e. The Kier molecular flexibility index (Phi) is 7.77. The van der Waals surface area contributed by atoms with Gasteiger partial charge in [0, 0.05) is 67.1 Å². The van der Waals surface area contributed by atoms with Gasteiger partial charge in [-0.25, -0.2) is 0 Å². The second-order valence-corrected chi connectivity index (χ2v) is 15.2. The SMILES string of the molecule is Cc1c(C)n2c3c(cccc13)B1c3ccc(N(Cc4ccccc4)C4=CC=CCC=C4)cc3Sc3cc(N(c4ccccc4)c4ccccc4)cc-2c31. The lowest BCUT2D eigenvalue weighted by Gasteiger charge is -2.36. The first-order chi connectivity index (χ1) is 26.1. The lowest BCUT2D eigenvalue weighted by Crippen LogP contribution is -2.58. The fourth-order valence-corrected chi connectivity index (χ4v) is 9.76. The van der Waals surface area contributed by atoms with Crippen molar-refractivity contribution in [1.82, 2.24) is 4.57 Å². The van der Waals surface area contributed by atoms with Crippen molar-refractivity contribution >= 4 is 68.5 Å². The van der Waals surface area contributed by atoms with E-state index in [-0.39, 0.29) is 6.71 Å². The topological polar surface area (TPSA) is 11.4 Å². The van der Waals surface area contributed by atoms with Gasteiger partial charge in [0.1, 0.15) is 0 Å². The van der Waals surface area contributed by atoms with Crippen molar-refractivity contribution in [2.24, 2.45) is 0 Å². The number of nitrogens with zero attached hydrogens (tertiary/aromatic N) is 3. The Hall–Kier alpha value is -5.91. The minimum Gasteiger partial charge on any atom is -0.337 e. The number of anilines is 4. The van der Waals surface area contributed by atoms with E-state index in [1.54, 1.807) is 0 Å². The van der Waals surface area contributed by atoms with Crippen LogP contribution < -0.4 is 26.2 Å². The van der Waals surface area contributed by atoms with Crippen LogP contribution in [0.4, 0.5) is 22.7 Å². The Labute approximate surface area is 316 Å². The molecule has 0 amide bonds. The van der Waals surface area contributed by atoms with Crippen LogP contribution in [-0.4, -0.2) is 11.3 Å². The fourth-order valence-electron chi connectivity index (χ4n) is 8.53. The molecule has 3 heterocycles. The number of para-hydroxylation sites is 3. The van der Waals surface area contributed by atoms with Crippen LogP contribution in [0.5, 0.6) is 0 Å². The Bertz CT molecular complexity index is 2580. The van der Waals surface area contributed by atoms with E-state index >= 15 is 0 Å². The fraction of sp³-hybridized carbons (Fsp3) is 0.0833. The first-order valence-corrected chi connectivity index (χ1v) is 19.3. The lowest BCUT2D eigenvalue weighted by molar-refractivity contribution is 0.931. The molecule has 1 aliphatic carbocycles. The van der Waals surface area contributed by atoms with Crippen LogP contribution in [0, 0.1) is 13.8 Å². The van der Waals surface area contributed by atoms with Gasteiger partial charge < -0.3 is 14.4 Å². The highest BCUT2D eigenvalue weighted by atomic mass is 32.2. The molecule has 2 aliphatic heterocycles. The van der Waals surface area contributed by atoms with Gasteiger partial charge >= 0.3 is 0 Å². The molecular formula is C48H38BN3S. The molecule has 254 valence electrons. The smallest absolute Gasteiger partial charge is 0.249 e. The molecule has 3 aliphatic rings. The summed E-state index contributed by atoms with van der Waals surface area (Å²) in [6.45, 7) is 5.49. The second kappa shape index (κ2) is 12.9. The standard InChI is InChI=1S/C48H38BN3S/c1-33-34(2)51-44-29-40(52(37-21-12-6-13-22-37)38-23-14-7-15-24-38)31-46-47(44)49(43-26-16-25-41(33)48(43)51)42-28-27-39(30-45(42)53-46)50(32-35-17-8-5-9-18-35)36-19-10-3-4-11-20-36/h3,5-31H,4,32H2,1-2H3. The van der Waals surface area contributed by atoms with Gasteiger partial charge in [-0.15, -0.1) is 0 Å². The molecule has 3 nitrogen and oxygen atoms in total. The molecule has 0 saturated heterocycles. The number of rotatable bonds is 7. The minimum absolute atomic E-state index is 0.133. The van der Waals surface area contributed by atoms with Crippen LogP contribution in [0.3, 0.4) is 0 Å². The molecule has 5 heteroatoms. The summed E-state index contributed by atoms with van der Waals surface area (Å²) in [6.07, 6.45) is 12.1. The molecule has 53 heavy (non-hydrogen) atoms. The molecule has 0 radical (unpaired) electrons. The minimum atomic E-state index is 0.133. The maximum absolute atomic E-state index is 2.55. The molecule has 0 N–H and O–H groups in total. The lowest BCUT2D eigenvalue weighted by atomic mass is 9.35. The number of aryl methyl sites for hydroxylation is 1. The molecule has 10 rings (SSSR count). The third kappa shape index (κ3) is 5.30. The Morgan fingerprint density at radius 2 is 1.38 bits per heavy atom. The molecule has 0 fully saturated rings. The molecule has 0 atom stereocenters. The normalized spacial score (nSPS) is 13.7. The maximum atomic E-state index is 2.55. The number of hydrogen-bond acceptors (Lipinski definition) is 3. The van der Waals surface area contributed by atoms with Crippen molar-refractivity contribution < 1.29 is 0 Å². The first-order valence-electron chi connectivity index (χ1n) is 18.5. The van der Waals surface area contributed by atoms with Crippen molar-refractivity contribution in [3.05, 3.63) is 192 Å². The zero-order valence-corrected chi connectivity index (χ0v) is 30.7. The summed E-state index contributed by atoms with van der Waals surface area (Å²) < 4.78 is 2.55. The highest BCUT2D eigenvalue weighted by molar-refractivity contribution is 8.00. The van der Waals surface area contributed by atoms with E-state index in [4.69, 9.17) is 0 Å². The molecule has 7 aromatic rings. The predicted molar refractivity (Wildman–Crippen MR) is 226 cm³/mol. The summed E-state index contributed by atoms with van der Waals surface area (Å²) in [5.74, 6) is 0. The quantitative estimate of drug-likeness (QED) is 0.154. The molecule has 0 unspecified atom stereocenters. The monoisotopic (exact) mass is 699 g/mol. The third-order valence-electron chi connectivity index (χ3n) is 11.1. The highest BCUT2D eigenvalue weighted by Crippen LogP contribution is 2.43. The van der Waals surface area contributed by atoms with Crippen LogP contribution in [0.2, 0.25) is 0 Å². The molecule has 0 bridgehead atoms. The first kappa shape index (κ1) is 31.8. The third-order valence-corrected chi connectivity index (χ3v) is 12.2. The Morgan fingerprint density at radius 1 is 0.660 bits per heavy atom. The summed E-state index contributed by atoms with van der Waals surface area (Å²) in [7, 11) is 0. The van der Waals surface area contributed by atoms with E-state index in [1.807, 2.05) is 11.8 Å². The average Bonchev–Trinajstić information content (AvgIpc) is 3.34. The van der Waals surface area contributed by atoms with E-state index in [0.29, 0.717) is 0 Å². The summed E-state index contributed by atoms with van der Waals surface area (Å²) in [5.41, 5.74) is 16.6. The van der Waals surface area contributed by atoms with Crippen molar-refractivity contribution in [2.45, 2.75) is 36.6 Å². The molecule has 0 saturated carbocycles. The number of benzene rings is 6. The van der Waals surface area contributed by atoms with Crippen molar-refractivity contribution in [2.75, 3.05) is 9.80 Å². The average molecular weight is 700 g/mol. The van der Waals surface area contributed by atoms with Gasteiger partial charge in [0.15, 0.2) is 0 Å². The van der Waals surface area contributed by atoms with Crippen molar-refractivity contribution in [1.29, 1.82) is 0 Å². The van der Waals surface area contributed by atoms with Crippen LogP contribution in [0.1, 0.15) is 23.2 Å². The number of allylic oxidation sites excluding steroid dienone is 5. The Morgan fingerprint density at radius 3 is 2.13 bits per heavy atom. The summed E-state index contributed by atoms with van der Waals surface area (Å²) in [6, 6.07) is 51.4. The van der Waals surface area contributed by atoms with E-state index in [2.05, 4.69) is 198 Å². The summed E-state index contributed by atoms with van der Waals surface area (Å²) in [4.78, 5) is 7.49. The molecule has 0 spiro atoms. The zero-order chi connectivity index (χ0) is 35.5. The van der Waals surface area contributed by atoms with Gasteiger partial charge in [-0.2, -0.15) is 0 Å².